The zero-order valence-corrected chi connectivity index (χ0v) is 10.5. The monoisotopic (exact) mass is 239 g/mol. The molecule has 0 radical (unpaired) electrons. The minimum absolute atomic E-state index is 0.101. The molecule has 0 heterocycles. The van der Waals surface area contributed by atoms with E-state index in [4.69, 9.17) is 19.9 Å². The molecule has 1 atom stereocenters. The van der Waals surface area contributed by atoms with Crippen LogP contribution in [0, 0.1) is 0 Å². The summed E-state index contributed by atoms with van der Waals surface area (Å²) < 4.78 is 15.9. The summed E-state index contributed by atoms with van der Waals surface area (Å²) in [5, 5.41) is 0. The fraction of sp³-hybridized carbons (Fsp3) is 0.538. The highest BCUT2D eigenvalue weighted by molar-refractivity contribution is 5.31. The Morgan fingerprint density at radius 3 is 2.18 bits per heavy atom. The molecule has 0 aliphatic heterocycles. The third-order valence-electron chi connectivity index (χ3n) is 2.14. The van der Waals surface area contributed by atoms with E-state index in [2.05, 4.69) is 6.92 Å². The molecular formula is C13H21NO3. The van der Waals surface area contributed by atoms with Gasteiger partial charge in [0.15, 0.2) is 0 Å². The standard InChI is InChI=1S/C13H21NO3/c1-3-8-16-12-4-6-13(7-5-12)17-10-11(14)9-15-2/h4-7,11H,3,8-10,14H2,1-2H3. The van der Waals surface area contributed by atoms with Crippen LogP contribution in [0.2, 0.25) is 0 Å². The van der Waals surface area contributed by atoms with Gasteiger partial charge in [-0.3, -0.25) is 0 Å². The molecule has 0 spiro atoms. The molecule has 0 saturated heterocycles. The second-order valence-corrected chi connectivity index (χ2v) is 3.85. The molecule has 2 N–H and O–H groups in total. The van der Waals surface area contributed by atoms with Crippen LogP contribution in [0.5, 0.6) is 11.5 Å². The Balaban J connectivity index is 2.34. The zero-order valence-electron chi connectivity index (χ0n) is 10.5. The highest BCUT2D eigenvalue weighted by Crippen LogP contribution is 2.17. The highest BCUT2D eigenvalue weighted by Gasteiger charge is 2.03. The third-order valence-corrected chi connectivity index (χ3v) is 2.14. The minimum Gasteiger partial charge on any atom is -0.494 e. The molecule has 1 rings (SSSR count). The smallest absolute Gasteiger partial charge is 0.119 e. The quantitative estimate of drug-likeness (QED) is 0.752. The van der Waals surface area contributed by atoms with E-state index in [0.717, 1.165) is 24.5 Å². The first-order valence-electron chi connectivity index (χ1n) is 5.86. The largest absolute Gasteiger partial charge is 0.494 e. The van der Waals surface area contributed by atoms with E-state index >= 15 is 0 Å². The fourth-order valence-electron chi connectivity index (χ4n) is 1.32. The van der Waals surface area contributed by atoms with E-state index in [1.807, 2.05) is 24.3 Å². The van der Waals surface area contributed by atoms with Gasteiger partial charge in [0.05, 0.1) is 19.3 Å². The first kappa shape index (κ1) is 13.8. The second kappa shape index (κ2) is 7.92. The summed E-state index contributed by atoms with van der Waals surface area (Å²) >= 11 is 0. The molecule has 0 aromatic heterocycles. The normalized spacial score (nSPS) is 12.2. The van der Waals surface area contributed by atoms with Gasteiger partial charge in [-0.15, -0.1) is 0 Å². The predicted molar refractivity (Wildman–Crippen MR) is 67.6 cm³/mol. The average Bonchev–Trinajstić information content (AvgIpc) is 2.35. The number of rotatable bonds is 8. The number of ether oxygens (including phenoxy) is 3. The van der Waals surface area contributed by atoms with Gasteiger partial charge in [-0.2, -0.15) is 0 Å². The van der Waals surface area contributed by atoms with Crippen molar-refractivity contribution in [2.75, 3.05) is 26.9 Å². The van der Waals surface area contributed by atoms with Gasteiger partial charge in [-0.05, 0) is 30.7 Å². The molecule has 4 heteroatoms. The number of hydrogen-bond acceptors (Lipinski definition) is 4. The zero-order chi connectivity index (χ0) is 12.5. The number of benzene rings is 1. The maximum absolute atomic E-state index is 5.75. The van der Waals surface area contributed by atoms with Crippen LogP contribution in [0.4, 0.5) is 0 Å². The van der Waals surface area contributed by atoms with Gasteiger partial charge in [0, 0.05) is 7.11 Å². The Hall–Kier alpha value is -1.26. The Labute approximate surface area is 103 Å². The summed E-state index contributed by atoms with van der Waals surface area (Å²) in [6.07, 6.45) is 1.00. The highest BCUT2D eigenvalue weighted by atomic mass is 16.5. The SMILES string of the molecule is CCCOc1ccc(OCC(N)COC)cc1. The molecule has 17 heavy (non-hydrogen) atoms. The Bertz CT molecular complexity index is 300. The van der Waals surface area contributed by atoms with Crippen molar-refractivity contribution in [1.82, 2.24) is 0 Å². The summed E-state index contributed by atoms with van der Waals surface area (Å²) in [7, 11) is 1.62. The van der Waals surface area contributed by atoms with Crippen molar-refractivity contribution in [3.63, 3.8) is 0 Å². The molecule has 1 aromatic carbocycles. The van der Waals surface area contributed by atoms with Crippen molar-refractivity contribution in [2.24, 2.45) is 5.73 Å². The first-order chi connectivity index (χ1) is 8.26. The van der Waals surface area contributed by atoms with Gasteiger partial charge in [0.2, 0.25) is 0 Å². The lowest BCUT2D eigenvalue weighted by Crippen LogP contribution is -2.32. The van der Waals surface area contributed by atoms with Crippen molar-refractivity contribution in [2.45, 2.75) is 19.4 Å². The van der Waals surface area contributed by atoms with Crippen LogP contribution >= 0.6 is 0 Å². The molecule has 0 aliphatic carbocycles. The molecule has 1 unspecified atom stereocenters. The topological polar surface area (TPSA) is 53.7 Å². The Morgan fingerprint density at radius 1 is 1.06 bits per heavy atom. The molecular weight excluding hydrogens is 218 g/mol. The summed E-state index contributed by atoms with van der Waals surface area (Å²) in [4.78, 5) is 0. The summed E-state index contributed by atoms with van der Waals surface area (Å²) in [5.74, 6) is 1.65. The van der Waals surface area contributed by atoms with E-state index in [0.29, 0.717) is 13.2 Å². The van der Waals surface area contributed by atoms with Crippen LogP contribution in [0.1, 0.15) is 13.3 Å². The first-order valence-corrected chi connectivity index (χ1v) is 5.86. The molecule has 4 nitrogen and oxygen atoms in total. The summed E-state index contributed by atoms with van der Waals surface area (Å²) in [6, 6.07) is 7.45. The minimum atomic E-state index is -0.101. The third kappa shape index (κ3) is 5.56. The molecule has 96 valence electrons. The predicted octanol–water partition coefficient (Wildman–Crippen LogP) is 1.83. The van der Waals surface area contributed by atoms with Gasteiger partial charge >= 0.3 is 0 Å². The van der Waals surface area contributed by atoms with Crippen molar-refractivity contribution >= 4 is 0 Å². The van der Waals surface area contributed by atoms with E-state index in [-0.39, 0.29) is 6.04 Å². The number of hydrogen-bond donors (Lipinski definition) is 1. The number of methoxy groups -OCH3 is 1. The molecule has 0 saturated carbocycles. The summed E-state index contributed by atoms with van der Waals surface area (Å²) in [5.41, 5.74) is 5.75. The second-order valence-electron chi connectivity index (χ2n) is 3.85. The average molecular weight is 239 g/mol. The van der Waals surface area contributed by atoms with Crippen LogP contribution in [0.3, 0.4) is 0 Å². The van der Waals surface area contributed by atoms with Crippen molar-refractivity contribution in [3.8, 4) is 11.5 Å². The van der Waals surface area contributed by atoms with Crippen molar-refractivity contribution < 1.29 is 14.2 Å². The molecule has 0 fully saturated rings. The van der Waals surface area contributed by atoms with E-state index in [1.165, 1.54) is 0 Å². The van der Waals surface area contributed by atoms with E-state index in [9.17, 15) is 0 Å². The number of nitrogens with two attached hydrogens (primary N) is 1. The Morgan fingerprint density at radius 2 is 1.65 bits per heavy atom. The van der Waals surface area contributed by atoms with Crippen LogP contribution in [-0.4, -0.2) is 33.0 Å². The van der Waals surface area contributed by atoms with Crippen LogP contribution in [0.25, 0.3) is 0 Å². The molecule has 0 amide bonds. The maximum Gasteiger partial charge on any atom is 0.119 e. The van der Waals surface area contributed by atoms with Crippen molar-refractivity contribution in [3.05, 3.63) is 24.3 Å². The van der Waals surface area contributed by atoms with Crippen molar-refractivity contribution in [1.29, 1.82) is 0 Å². The van der Waals surface area contributed by atoms with Crippen LogP contribution < -0.4 is 15.2 Å². The van der Waals surface area contributed by atoms with Gasteiger partial charge in [-0.25, -0.2) is 0 Å². The van der Waals surface area contributed by atoms with Gasteiger partial charge in [-0.1, -0.05) is 6.92 Å². The fourth-order valence-corrected chi connectivity index (χ4v) is 1.32. The lowest BCUT2D eigenvalue weighted by molar-refractivity contribution is 0.152. The molecule has 1 aromatic rings. The van der Waals surface area contributed by atoms with Crippen LogP contribution in [0.15, 0.2) is 24.3 Å². The van der Waals surface area contributed by atoms with Gasteiger partial charge < -0.3 is 19.9 Å². The molecule has 0 bridgehead atoms. The van der Waals surface area contributed by atoms with E-state index < -0.39 is 0 Å². The lowest BCUT2D eigenvalue weighted by atomic mass is 10.3. The maximum atomic E-state index is 5.75. The molecule has 0 aliphatic rings. The lowest BCUT2D eigenvalue weighted by Gasteiger charge is -2.12. The van der Waals surface area contributed by atoms with Crippen LogP contribution in [-0.2, 0) is 4.74 Å². The summed E-state index contributed by atoms with van der Waals surface area (Å²) in [6.45, 7) is 3.76. The van der Waals surface area contributed by atoms with Gasteiger partial charge in [0.25, 0.3) is 0 Å². The van der Waals surface area contributed by atoms with Gasteiger partial charge in [0.1, 0.15) is 18.1 Å². The van der Waals surface area contributed by atoms with E-state index in [1.54, 1.807) is 7.11 Å². The Kier molecular flexibility index (Phi) is 6.43.